The van der Waals surface area contributed by atoms with Gasteiger partial charge in [0, 0.05) is 34.5 Å². The van der Waals surface area contributed by atoms with E-state index in [-0.39, 0.29) is 0 Å². The molecule has 2 aromatic heterocycles. The molecule has 2 saturated carbocycles. The van der Waals surface area contributed by atoms with Crippen molar-refractivity contribution in [2.75, 3.05) is 0 Å². The molecule has 0 bridgehead atoms. The number of nitrogens with zero attached hydrogens (tertiary/aromatic N) is 4. The summed E-state index contributed by atoms with van der Waals surface area (Å²) in [4.78, 5) is 4.79. The van der Waals surface area contributed by atoms with Gasteiger partial charge in [0.1, 0.15) is 5.82 Å². The molecule has 2 heterocycles. The van der Waals surface area contributed by atoms with Gasteiger partial charge in [0.25, 0.3) is 0 Å². The van der Waals surface area contributed by atoms with E-state index in [4.69, 9.17) is 16.6 Å². The van der Waals surface area contributed by atoms with Crippen LogP contribution in [0.2, 0.25) is 5.02 Å². The molecule has 5 rings (SSSR count). The SMILES string of the molecule is Clc1ccc(Cc2nc(CSc3nnc(C4CC4)n3C3CC3)cs2)cc1. The van der Waals surface area contributed by atoms with Gasteiger partial charge in [-0.05, 0) is 43.4 Å². The third-order valence-corrected chi connectivity index (χ3v) is 6.89. The largest absolute Gasteiger partial charge is 0.303 e. The second-order valence-corrected chi connectivity index (χ2v) is 9.36. The molecule has 4 nitrogen and oxygen atoms in total. The van der Waals surface area contributed by atoms with E-state index in [0.29, 0.717) is 12.0 Å². The fourth-order valence-corrected chi connectivity index (χ4v) is 5.06. The summed E-state index contributed by atoms with van der Waals surface area (Å²) >= 11 is 9.45. The monoisotopic (exact) mass is 402 g/mol. The smallest absolute Gasteiger partial charge is 0.191 e. The van der Waals surface area contributed by atoms with E-state index in [1.54, 1.807) is 23.1 Å². The molecule has 0 amide bonds. The van der Waals surface area contributed by atoms with Crippen LogP contribution >= 0.6 is 34.7 Å². The first-order valence-electron chi connectivity index (χ1n) is 9.01. The zero-order valence-corrected chi connectivity index (χ0v) is 16.7. The van der Waals surface area contributed by atoms with Crippen LogP contribution in [0.25, 0.3) is 0 Å². The van der Waals surface area contributed by atoms with E-state index in [0.717, 1.165) is 33.1 Å². The van der Waals surface area contributed by atoms with E-state index in [1.165, 1.54) is 37.1 Å². The first-order valence-corrected chi connectivity index (χ1v) is 11.3. The fraction of sp³-hybridized carbons (Fsp3) is 0.421. The van der Waals surface area contributed by atoms with E-state index in [9.17, 15) is 0 Å². The van der Waals surface area contributed by atoms with Crippen molar-refractivity contribution in [1.82, 2.24) is 19.7 Å². The number of hydrogen-bond acceptors (Lipinski definition) is 5. The zero-order valence-electron chi connectivity index (χ0n) is 14.3. The van der Waals surface area contributed by atoms with Crippen LogP contribution in [0.3, 0.4) is 0 Å². The molecule has 0 saturated heterocycles. The summed E-state index contributed by atoms with van der Waals surface area (Å²) in [5.41, 5.74) is 2.37. The lowest BCUT2D eigenvalue weighted by Crippen LogP contribution is -2.02. The minimum absolute atomic E-state index is 0.638. The Kier molecular flexibility index (Phi) is 4.51. The Labute approximate surface area is 166 Å². The quantitative estimate of drug-likeness (QED) is 0.490. The van der Waals surface area contributed by atoms with Crippen LogP contribution in [0.4, 0.5) is 0 Å². The highest BCUT2D eigenvalue weighted by Crippen LogP contribution is 2.46. The average molecular weight is 403 g/mol. The number of halogens is 1. The van der Waals surface area contributed by atoms with Crippen LogP contribution in [0.1, 0.15) is 59.7 Å². The van der Waals surface area contributed by atoms with Crippen molar-refractivity contribution in [2.45, 2.75) is 55.0 Å². The number of rotatable bonds is 7. The second kappa shape index (κ2) is 6.98. The normalized spacial score (nSPS) is 17.0. The molecule has 1 aromatic carbocycles. The van der Waals surface area contributed by atoms with E-state index in [2.05, 4.69) is 32.3 Å². The summed E-state index contributed by atoms with van der Waals surface area (Å²) in [6.07, 6.45) is 5.95. The maximum Gasteiger partial charge on any atom is 0.191 e. The average Bonchev–Trinajstić information content (AvgIpc) is 3.58. The maximum absolute atomic E-state index is 5.95. The minimum Gasteiger partial charge on any atom is -0.303 e. The predicted octanol–water partition coefficient (Wildman–Crippen LogP) is 5.48. The number of thioether (sulfide) groups is 1. The van der Waals surface area contributed by atoms with Crippen molar-refractivity contribution in [3.8, 4) is 0 Å². The first-order chi connectivity index (χ1) is 12.8. The van der Waals surface area contributed by atoms with Crippen molar-refractivity contribution in [1.29, 1.82) is 0 Å². The molecule has 3 aromatic rings. The highest BCUT2D eigenvalue weighted by molar-refractivity contribution is 7.98. The Bertz CT molecular complexity index is 910. The van der Waals surface area contributed by atoms with Crippen LogP contribution in [0, 0.1) is 0 Å². The van der Waals surface area contributed by atoms with E-state index in [1.807, 2.05) is 12.1 Å². The van der Waals surface area contributed by atoms with Crippen molar-refractivity contribution < 1.29 is 0 Å². The highest BCUT2D eigenvalue weighted by atomic mass is 35.5. The van der Waals surface area contributed by atoms with Gasteiger partial charge >= 0.3 is 0 Å². The molecule has 0 atom stereocenters. The summed E-state index contributed by atoms with van der Waals surface area (Å²) < 4.78 is 2.41. The van der Waals surface area contributed by atoms with Crippen LogP contribution in [-0.4, -0.2) is 19.7 Å². The third kappa shape index (κ3) is 3.68. The Balaban J connectivity index is 1.25. The highest BCUT2D eigenvalue weighted by Gasteiger charge is 2.36. The maximum atomic E-state index is 5.95. The zero-order chi connectivity index (χ0) is 17.5. The van der Waals surface area contributed by atoms with Crippen molar-refractivity contribution in [2.24, 2.45) is 0 Å². The molecule has 2 aliphatic rings. The molecule has 0 unspecified atom stereocenters. The molecule has 0 radical (unpaired) electrons. The number of hydrogen-bond donors (Lipinski definition) is 0. The van der Waals surface area contributed by atoms with Gasteiger partial charge in [0.2, 0.25) is 0 Å². The number of thiazole rings is 1. The number of benzene rings is 1. The summed E-state index contributed by atoms with van der Waals surface area (Å²) in [5, 5.41) is 14.1. The van der Waals surface area contributed by atoms with Gasteiger partial charge < -0.3 is 4.57 Å². The van der Waals surface area contributed by atoms with Gasteiger partial charge in [0.15, 0.2) is 5.16 Å². The molecule has 2 fully saturated rings. The van der Waals surface area contributed by atoms with Gasteiger partial charge in [-0.1, -0.05) is 35.5 Å². The summed E-state index contributed by atoms with van der Waals surface area (Å²) in [6.45, 7) is 0. The van der Waals surface area contributed by atoms with Crippen LogP contribution in [-0.2, 0) is 12.2 Å². The predicted molar refractivity (Wildman–Crippen MR) is 106 cm³/mol. The van der Waals surface area contributed by atoms with Gasteiger partial charge in [-0.15, -0.1) is 21.5 Å². The Morgan fingerprint density at radius 3 is 2.65 bits per heavy atom. The third-order valence-electron chi connectivity index (χ3n) is 4.76. The van der Waals surface area contributed by atoms with Crippen LogP contribution < -0.4 is 0 Å². The van der Waals surface area contributed by atoms with Gasteiger partial charge in [-0.2, -0.15) is 0 Å². The van der Waals surface area contributed by atoms with E-state index < -0.39 is 0 Å². The van der Waals surface area contributed by atoms with Gasteiger partial charge in [0.05, 0.1) is 10.7 Å². The van der Waals surface area contributed by atoms with Crippen molar-refractivity contribution >= 4 is 34.7 Å². The lowest BCUT2D eigenvalue weighted by atomic mass is 10.2. The molecule has 7 heteroatoms. The first kappa shape index (κ1) is 16.8. The van der Waals surface area contributed by atoms with Crippen LogP contribution in [0.5, 0.6) is 0 Å². The Morgan fingerprint density at radius 1 is 1.12 bits per heavy atom. The van der Waals surface area contributed by atoms with Crippen molar-refractivity contribution in [3.63, 3.8) is 0 Å². The molecule has 26 heavy (non-hydrogen) atoms. The summed E-state index contributed by atoms with van der Waals surface area (Å²) in [7, 11) is 0. The topological polar surface area (TPSA) is 43.6 Å². The van der Waals surface area contributed by atoms with Crippen molar-refractivity contribution in [3.05, 3.63) is 56.8 Å². The van der Waals surface area contributed by atoms with Gasteiger partial charge in [-0.3, -0.25) is 0 Å². The van der Waals surface area contributed by atoms with E-state index >= 15 is 0 Å². The lowest BCUT2D eigenvalue weighted by Gasteiger charge is -2.07. The molecular formula is C19H19ClN4S2. The molecule has 2 aliphatic carbocycles. The summed E-state index contributed by atoms with van der Waals surface area (Å²) in [5.74, 6) is 2.73. The Hall–Kier alpha value is -1.37. The van der Waals surface area contributed by atoms with Gasteiger partial charge in [-0.25, -0.2) is 4.98 Å². The molecular weight excluding hydrogens is 384 g/mol. The second-order valence-electron chi connectivity index (χ2n) is 7.04. The molecule has 134 valence electrons. The Morgan fingerprint density at radius 2 is 1.92 bits per heavy atom. The fourth-order valence-electron chi connectivity index (χ4n) is 3.09. The standard InChI is InChI=1S/C19H19ClN4S2/c20-14-5-1-12(2-6-14)9-17-21-15(10-25-17)11-26-19-23-22-18(13-3-4-13)24(19)16-7-8-16/h1-2,5-6,10,13,16H,3-4,7-9,11H2. The lowest BCUT2D eigenvalue weighted by molar-refractivity contribution is 0.627. The molecule has 0 aliphatic heterocycles. The number of aromatic nitrogens is 4. The molecule has 0 N–H and O–H groups in total. The summed E-state index contributed by atoms with van der Waals surface area (Å²) in [6, 6.07) is 8.64. The minimum atomic E-state index is 0.638. The van der Waals surface area contributed by atoms with Crippen LogP contribution in [0.15, 0.2) is 34.8 Å². The molecule has 0 spiro atoms.